The van der Waals surface area contributed by atoms with Gasteiger partial charge in [0.1, 0.15) is 5.54 Å². The summed E-state index contributed by atoms with van der Waals surface area (Å²) in [5, 5.41) is 4.47. The second kappa shape index (κ2) is 5.55. The standard InChI is InChI=1S/C19H27N3OS/c1-20-8-3-16(4-9-20)21-12-15-11-17(14-5-10-24-13-14)22-7-2-6-19(15,22)18(21)23/h5,10,13,15-17H,2-4,6-9,11-12H2,1H3/t15-,17-,19-/m0/s1. The first-order chi connectivity index (χ1) is 11.7. The van der Waals surface area contributed by atoms with Crippen LogP contribution in [0.4, 0.5) is 0 Å². The van der Waals surface area contributed by atoms with Crippen LogP contribution in [-0.4, -0.2) is 65.4 Å². The Morgan fingerprint density at radius 2 is 2.08 bits per heavy atom. The van der Waals surface area contributed by atoms with Gasteiger partial charge in [-0.05, 0) is 81.2 Å². The van der Waals surface area contributed by atoms with E-state index in [0.29, 0.717) is 23.9 Å². The van der Waals surface area contributed by atoms with Gasteiger partial charge < -0.3 is 9.80 Å². The first kappa shape index (κ1) is 15.4. The molecule has 0 unspecified atom stereocenters. The average Bonchev–Trinajstić information content (AvgIpc) is 3.32. The van der Waals surface area contributed by atoms with Crippen LogP contribution in [0.2, 0.25) is 0 Å². The summed E-state index contributed by atoms with van der Waals surface area (Å²) < 4.78 is 0. The first-order valence-electron chi connectivity index (χ1n) is 9.48. The Hall–Kier alpha value is -0.910. The molecular weight excluding hydrogens is 318 g/mol. The van der Waals surface area contributed by atoms with Crippen molar-refractivity contribution in [1.82, 2.24) is 14.7 Å². The molecule has 0 bridgehead atoms. The Morgan fingerprint density at radius 3 is 2.83 bits per heavy atom. The van der Waals surface area contributed by atoms with Gasteiger partial charge >= 0.3 is 0 Å². The molecule has 0 N–H and O–H groups in total. The zero-order valence-corrected chi connectivity index (χ0v) is 15.3. The smallest absolute Gasteiger partial charge is 0.243 e. The summed E-state index contributed by atoms with van der Waals surface area (Å²) in [6.45, 7) is 4.37. The minimum atomic E-state index is -0.157. The van der Waals surface area contributed by atoms with E-state index in [9.17, 15) is 4.79 Å². The van der Waals surface area contributed by atoms with Crippen molar-refractivity contribution in [1.29, 1.82) is 0 Å². The van der Waals surface area contributed by atoms with E-state index < -0.39 is 0 Å². The maximum atomic E-state index is 13.6. The van der Waals surface area contributed by atoms with Crippen LogP contribution in [0, 0.1) is 5.92 Å². The summed E-state index contributed by atoms with van der Waals surface area (Å²) in [5.74, 6) is 1.01. The van der Waals surface area contributed by atoms with E-state index in [4.69, 9.17) is 0 Å². The second-order valence-electron chi connectivity index (χ2n) is 8.22. The van der Waals surface area contributed by atoms with Crippen LogP contribution in [0.5, 0.6) is 0 Å². The molecule has 1 spiro atoms. The largest absolute Gasteiger partial charge is 0.338 e. The summed E-state index contributed by atoms with van der Waals surface area (Å²) >= 11 is 1.78. The van der Waals surface area contributed by atoms with Gasteiger partial charge in [0.05, 0.1) is 0 Å². The van der Waals surface area contributed by atoms with Gasteiger partial charge in [-0.25, -0.2) is 0 Å². The molecule has 1 aromatic heterocycles. The van der Waals surface area contributed by atoms with Gasteiger partial charge in [0.25, 0.3) is 0 Å². The molecule has 5 heterocycles. The first-order valence-corrected chi connectivity index (χ1v) is 10.4. The van der Waals surface area contributed by atoms with E-state index in [-0.39, 0.29) is 5.54 Å². The van der Waals surface area contributed by atoms with E-state index in [0.717, 1.165) is 45.4 Å². The van der Waals surface area contributed by atoms with Crippen LogP contribution in [0.3, 0.4) is 0 Å². The molecule has 5 heteroatoms. The summed E-state index contributed by atoms with van der Waals surface area (Å²) in [7, 11) is 2.19. The lowest BCUT2D eigenvalue weighted by atomic mass is 9.85. The topological polar surface area (TPSA) is 26.8 Å². The normalized spacial score (nSPS) is 38.0. The van der Waals surface area contributed by atoms with E-state index in [1.807, 2.05) is 0 Å². The molecule has 1 amide bonds. The van der Waals surface area contributed by atoms with Gasteiger partial charge in [0, 0.05) is 24.5 Å². The number of likely N-dealkylation sites (tertiary alicyclic amines) is 2. The molecule has 4 nitrogen and oxygen atoms in total. The summed E-state index contributed by atoms with van der Waals surface area (Å²) in [5.41, 5.74) is 1.28. The highest BCUT2D eigenvalue weighted by Crippen LogP contribution is 2.56. The van der Waals surface area contributed by atoms with Gasteiger partial charge in [-0.3, -0.25) is 9.69 Å². The number of piperidine rings is 1. The fourth-order valence-electron chi connectivity index (χ4n) is 5.93. The quantitative estimate of drug-likeness (QED) is 0.824. The van der Waals surface area contributed by atoms with Crippen LogP contribution in [-0.2, 0) is 4.79 Å². The molecule has 0 aromatic carbocycles. The maximum Gasteiger partial charge on any atom is 0.243 e. The fourth-order valence-corrected chi connectivity index (χ4v) is 6.63. The molecule has 4 saturated heterocycles. The molecule has 3 atom stereocenters. The van der Waals surface area contributed by atoms with Crippen molar-refractivity contribution in [2.45, 2.75) is 49.7 Å². The van der Waals surface area contributed by atoms with Crippen LogP contribution >= 0.6 is 11.3 Å². The Kier molecular flexibility index (Phi) is 3.55. The Bertz CT molecular complexity index is 625. The molecule has 0 radical (unpaired) electrons. The summed E-state index contributed by atoms with van der Waals surface area (Å²) in [4.78, 5) is 20.8. The van der Waals surface area contributed by atoms with Crippen molar-refractivity contribution < 1.29 is 4.79 Å². The molecule has 4 aliphatic rings. The molecule has 4 fully saturated rings. The summed E-state index contributed by atoms with van der Waals surface area (Å²) in [6, 6.07) is 3.23. The Labute approximate surface area is 148 Å². The number of thiophene rings is 1. The average molecular weight is 346 g/mol. The highest BCUT2D eigenvalue weighted by Gasteiger charge is 2.65. The zero-order chi connectivity index (χ0) is 16.3. The number of hydrogen-bond donors (Lipinski definition) is 0. The van der Waals surface area contributed by atoms with E-state index in [2.05, 4.69) is 38.6 Å². The minimum absolute atomic E-state index is 0.157. The van der Waals surface area contributed by atoms with Gasteiger partial charge in [-0.15, -0.1) is 0 Å². The Balaban J connectivity index is 1.42. The Morgan fingerprint density at radius 1 is 1.25 bits per heavy atom. The number of amides is 1. The molecule has 5 rings (SSSR count). The number of nitrogens with zero attached hydrogens (tertiary/aromatic N) is 3. The van der Waals surface area contributed by atoms with Crippen molar-refractivity contribution in [2.75, 3.05) is 33.2 Å². The lowest BCUT2D eigenvalue weighted by Gasteiger charge is -2.38. The van der Waals surface area contributed by atoms with Crippen molar-refractivity contribution in [3.8, 4) is 0 Å². The number of carbonyl (C=O) groups is 1. The predicted octanol–water partition coefficient (Wildman–Crippen LogP) is 2.58. The third kappa shape index (κ3) is 2.01. The van der Waals surface area contributed by atoms with Crippen molar-refractivity contribution in [3.05, 3.63) is 22.4 Å². The van der Waals surface area contributed by atoms with Crippen molar-refractivity contribution in [2.24, 2.45) is 5.92 Å². The third-order valence-electron chi connectivity index (χ3n) is 7.13. The second-order valence-corrected chi connectivity index (χ2v) is 9.00. The van der Waals surface area contributed by atoms with Gasteiger partial charge in [0.2, 0.25) is 5.91 Å². The van der Waals surface area contributed by atoms with E-state index in [1.54, 1.807) is 11.3 Å². The highest BCUT2D eigenvalue weighted by molar-refractivity contribution is 7.07. The maximum absolute atomic E-state index is 13.6. The molecule has 0 saturated carbocycles. The number of carbonyl (C=O) groups excluding carboxylic acids is 1. The van der Waals surface area contributed by atoms with E-state index >= 15 is 0 Å². The molecule has 0 aliphatic carbocycles. The molecular formula is C19H27N3OS. The van der Waals surface area contributed by atoms with Gasteiger partial charge in [-0.1, -0.05) is 0 Å². The van der Waals surface area contributed by atoms with Crippen molar-refractivity contribution >= 4 is 17.2 Å². The summed E-state index contributed by atoms with van der Waals surface area (Å²) in [6.07, 6.45) is 5.74. The van der Waals surface area contributed by atoms with Crippen LogP contribution < -0.4 is 0 Å². The lowest BCUT2D eigenvalue weighted by Crippen LogP contribution is -2.52. The lowest BCUT2D eigenvalue weighted by molar-refractivity contribution is -0.139. The molecule has 130 valence electrons. The van der Waals surface area contributed by atoms with Crippen LogP contribution in [0.15, 0.2) is 16.8 Å². The third-order valence-corrected chi connectivity index (χ3v) is 7.84. The molecule has 4 aliphatic heterocycles. The van der Waals surface area contributed by atoms with Gasteiger partial charge in [0.15, 0.2) is 0 Å². The van der Waals surface area contributed by atoms with Crippen molar-refractivity contribution in [3.63, 3.8) is 0 Å². The molecule has 24 heavy (non-hydrogen) atoms. The van der Waals surface area contributed by atoms with Crippen LogP contribution in [0.25, 0.3) is 0 Å². The predicted molar refractivity (Wildman–Crippen MR) is 96.1 cm³/mol. The number of rotatable bonds is 2. The SMILES string of the molecule is CN1CCC(N2C[C@@H]3C[C@@H](c4ccsc4)N4CCC[C@@]34C2=O)CC1. The monoisotopic (exact) mass is 345 g/mol. The highest BCUT2D eigenvalue weighted by atomic mass is 32.1. The fraction of sp³-hybridized carbons (Fsp3) is 0.737. The number of hydrogen-bond acceptors (Lipinski definition) is 4. The van der Waals surface area contributed by atoms with E-state index in [1.165, 1.54) is 18.4 Å². The van der Waals surface area contributed by atoms with Crippen LogP contribution in [0.1, 0.15) is 43.7 Å². The zero-order valence-electron chi connectivity index (χ0n) is 14.5. The minimum Gasteiger partial charge on any atom is -0.338 e. The van der Waals surface area contributed by atoms with Gasteiger partial charge in [-0.2, -0.15) is 11.3 Å². The molecule has 1 aromatic rings.